The van der Waals surface area contributed by atoms with Crippen LogP contribution in [0.25, 0.3) is 6.08 Å². The minimum atomic E-state index is 1.02. The Balaban J connectivity index is 1.83. The van der Waals surface area contributed by atoms with Crippen LogP contribution in [0.4, 0.5) is 0 Å². The molecule has 2 aromatic rings. The summed E-state index contributed by atoms with van der Waals surface area (Å²) >= 11 is 0. The number of aromatic nitrogens is 1. The molecule has 16 heavy (non-hydrogen) atoms. The highest BCUT2D eigenvalue weighted by Crippen LogP contribution is 2.04. The second-order valence-corrected chi connectivity index (χ2v) is 3.68. The van der Waals surface area contributed by atoms with Crippen LogP contribution in [0.1, 0.15) is 17.7 Å². The van der Waals surface area contributed by atoms with E-state index in [0.29, 0.717) is 0 Å². The van der Waals surface area contributed by atoms with E-state index in [4.69, 9.17) is 0 Å². The average Bonchev–Trinajstić information content (AvgIpc) is 2.37. The molecule has 0 saturated carbocycles. The molecule has 80 valence electrons. The molecule has 0 radical (unpaired) electrons. The lowest BCUT2D eigenvalue weighted by Crippen LogP contribution is -1.82. The van der Waals surface area contributed by atoms with Crippen LogP contribution in [0.15, 0.2) is 60.8 Å². The van der Waals surface area contributed by atoms with E-state index in [1.165, 1.54) is 5.56 Å². The molecular weight excluding hydrogens is 194 g/mol. The molecule has 0 aliphatic heterocycles. The Labute approximate surface area is 96.5 Å². The Morgan fingerprint density at radius 3 is 2.50 bits per heavy atom. The molecule has 1 heteroatoms. The number of rotatable bonds is 4. The van der Waals surface area contributed by atoms with E-state index in [-0.39, 0.29) is 0 Å². The second kappa shape index (κ2) is 5.86. The number of benzene rings is 1. The van der Waals surface area contributed by atoms with E-state index in [2.05, 4.69) is 41.4 Å². The topological polar surface area (TPSA) is 12.9 Å². The number of pyridine rings is 1. The van der Waals surface area contributed by atoms with Gasteiger partial charge in [-0.05, 0) is 36.6 Å². The predicted molar refractivity (Wildman–Crippen MR) is 68.0 cm³/mol. The summed E-state index contributed by atoms with van der Waals surface area (Å²) in [6.07, 6.45) is 8.21. The highest BCUT2D eigenvalue weighted by atomic mass is 14.6. The molecule has 0 bridgehead atoms. The molecule has 0 saturated heterocycles. The van der Waals surface area contributed by atoms with Crippen LogP contribution in [0.5, 0.6) is 0 Å². The van der Waals surface area contributed by atoms with Crippen LogP contribution in [0.2, 0.25) is 0 Å². The normalized spacial score (nSPS) is 10.8. The first-order valence-electron chi connectivity index (χ1n) is 5.56. The second-order valence-electron chi connectivity index (χ2n) is 3.68. The van der Waals surface area contributed by atoms with Gasteiger partial charge in [-0.15, -0.1) is 0 Å². The van der Waals surface area contributed by atoms with E-state index < -0.39 is 0 Å². The highest BCUT2D eigenvalue weighted by Gasteiger charge is 1.88. The van der Waals surface area contributed by atoms with Crippen LogP contribution in [0.3, 0.4) is 0 Å². The first-order valence-corrected chi connectivity index (χ1v) is 5.56. The van der Waals surface area contributed by atoms with Crippen molar-refractivity contribution >= 4 is 6.08 Å². The van der Waals surface area contributed by atoms with Gasteiger partial charge in [0.25, 0.3) is 0 Å². The Kier molecular flexibility index (Phi) is 3.89. The number of allylic oxidation sites excluding steroid dienone is 1. The summed E-state index contributed by atoms with van der Waals surface area (Å²) in [5.74, 6) is 0. The van der Waals surface area contributed by atoms with Crippen LogP contribution < -0.4 is 0 Å². The number of nitrogens with zero attached hydrogens (tertiary/aromatic N) is 1. The zero-order valence-corrected chi connectivity index (χ0v) is 9.21. The maximum Gasteiger partial charge on any atom is 0.0626 e. The van der Waals surface area contributed by atoms with Gasteiger partial charge in [0.1, 0.15) is 0 Å². The van der Waals surface area contributed by atoms with Crippen molar-refractivity contribution in [3.8, 4) is 0 Å². The van der Waals surface area contributed by atoms with Crippen molar-refractivity contribution in [2.24, 2.45) is 0 Å². The van der Waals surface area contributed by atoms with Crippen LogP contribution >= 0.6 is 0 Å². The van der Waals surface area contributed by atoms with E-state index in [1.807, 2.05) is 30.5 Å². The Bertz CT molecular complexity index is 432. The fraction of sp³-hybridized carbons (Fsp3) is 0.133. The lowest BCUT2D eigenvalue weighted by molar-refractivity contribution is 1.00. The van der Waals surface area contributed by atoms with Crippen LogP contribution in [-0.2, 0) is 6.42 Å². The summed E-state index contributed by atoms with van der Waals surface area (Å²) in [6, 6.07) is 16.5. The molecule has 0 N–H and O–H groups in total. The monoisotopic (exact) mass is 209 g/mol. The molecule has 0 atom stereocenters. The number of hydrogen-bond donors (Lipinski definition) is 0. The largest absolute Gasteiger partial charge is 0.257 e. The molecule has 1 nitrogen and oxygen atoms in total. The zero-order chi connectivity index (χ0) is 11.1. The molecule has 2 rings (SSSR count). The fourth-order valence-corrected chi connectivity index (χ4v) is 1.57. The quantitative estimate of drug-likeness (QED) is 0.747. The summed E-state index contributed by atoms with van der Waals surface area (Å²) in [7, 11) is 0. The van der Waals surface area contributed by atoms with Crippen molar-refractivity contribution in [1.29, 1.82) is 0 Å². The van der Waals surface area contributed by atoms with Crippen LogP contribution in [0, 0.1) is 0 Å². The molecule has 0 aliphatic rings. The summed E-state index contributed by atoms with van der Waals surface area (Å²) in [6.45, 7) is 0. The average molecular weight is 209 g/mol. The lowest BCUT2D eigenvalue weighted by Gasteiger charge is -1.96. The summed E-state index contributed by atoms with van der Waals surface area (Å²) < 4.78 is 0. The summed E-state index contributed by atoms with van der Waals surface area (Å²) in [4.78, 5) is 4.24. The summed E-state index contributed by atoms with van der Waals surface area (Å²) in [5, 5.41) is 0. The third-order valence-corrected chi connectivity index (χ3v) is 2.42. The zero-order valence-electron chi connectivity index (χ0n) is 9.21. The van der Waals surface area contributed by atoms with Gasteiger partial charge >= 0.3 is 0 Å². The smallest absolute Gasteiger partial charge is 0.0626 e. The summed E-state index contributed by atoms with van der Waals surface area (Å²) in [5.41, 5.74) is 2.41. The third kappa shape index (κ3) is 3.35. The third-order valence-electron chi connectivity index (χ3n) is 2.42. The van der Waals surface area contributed by atoms with Crippen molar-refractivity contribution in [1.82, 2.24) is 4.98 Å². The molecule has 0 fully saturated rings. The Hall–Kier alpha value is -1.89. The highest BCUT2D eigenvalue weighted by molar-refractivity contribution is 5.43. The van der Waals surface area contributed by atoms with Crippen LogP contribution in [-0.4, -0.2) is 4.98 Å². The maximum absolute atomic E-state index is 4.24. The molecule has 1 heterocycles. The number of hydrogen-bond acceptors (Lipinski definition) is 1. The van der Waals surface area contributed by atoms with Crippen molar-refractivity contribution in [3.63, 3.8) is 0 Å². The predicted octanol–water partition coefficient (Wildman–Crippen LogP) is 3.73. The molecule has 1 aromatic carbocycles. The van der Waals surface area contributed by atoms with Gasteiger partial charge in [-0.25, -0.2) is 0 Å². The van der Waals surface area contributed by atoms with E-state index >= 15 is 0 Å². The van der Waals surface area contributed by atoms with Gasteiger partial charge in [0.15, 0.2) is 0 Å². The van der Waals surface area contributed by atoms with Crippen molar-refractivity contribution in [2.45, 2.75) is 12.8 Å². The van der Waals surface area contributed by atoms with Crippen molar-refractivity contribution in [2.75, 3.05) is 0 Å². The Morgan fingerprint density at radius 1 is 0.938 bits per heavy atom. The minimum Gasteiger partial charge on any atom is -0.257 e. The SMILES string of the molecule is C(=Cc1ccccn1)CCc1ccccc1. The maximum atomic E-state index is 4.24. The van der Waals surface area contributed by atoms with Gasteiger partial charge in [0.05, 0.1) is 5.69 Å². The first-order chi connectivity index (χ1) is 7.95. The standard InChI is InChI=1S/C15H15N/c1-2-8-14(9-3-1)10-4-5-11-15-12-6-7-13-16-15/h1-3,5-9,11-13H,4,10H2. The van der Waals surface area contributed by atoms with Gasteiger partial charge in [0.2, 0.25) is 0 Å². The van der Waals surface area contributed by atoms with Crippen molar-refractivity contribution < 1.29 is 0 Å². The first kappa shape index (κ1) is 10.6. The molecular formula is C15H15N. The molecule has 1 aromatic heterocycles. The van der Waals surface area contributed by atoms with E-state index in [1.54, 1.807) is 0 Å². The molecule has 0 aliphatic carbocycles. The van der Waals surface area contributed by atoms with Crippen molar-refractivity contribution in [3.05, 3.63) is 72.1 Å². The van der Waals surface area contributed by atoms with E-state index in [9.17, 15) is 0 Å². The van der Waals surface area contributed by atoms with Gasteiger partial charge < -0.3 is 0 Å². The number of aryl methyl sites for hydroxylation is 1. The van der Waals surface area contributed by atoms with Gasteiger partial charge in [0, 0.05) is 6.20 Å². The van der Waals surface area contributed by atoms with Gasteiger partial charge in [-0.2, -0.15) is 0 Å². The fourth-order valence-electron chi connectivity index (χ4n) is 1.57. The molecule has 0 amide bonds. The molecule has 0 unspecified atom stereocenters. The lowest BCUT2D eigenvalue weighted by atomic mass is 10.1. The molecule has 0 spiro atoms. The van der Waals surface area contributed by atoms with Gasteiger partial charge in [-0.1, -0.05) is 42.5 Å². The van der Waals surface area contributed by atoms with Gasteiger partial charge in [-0.3, -0.25) is 4.98 Å². The van der Waals surface area contributed by atoms with E-state index in [0.717, 1.165) is 18.5 Å². The Morgan fingerprint density at radius 2 is 1.75 bits per heavy atom. The minimum absolute atomic E-state index is 1.02.